The number of hydrogen-bond donors (Lipinski definition) is 1. The molecule has 15 heteroatoms. The van der Waals surface area contributed by atoms with Crippen molar-refractivity contribution in [3.8, 4) is 17.6 Å². The van der Waals surface area contributed by atoms with Gasteiger partial charge in [-0.1, -0.05) is 0 Å². The maximum Gasteiger partial charge on any atom is 0.410 e. The topological polar surface area (TPSA) is 150 Å². The number of fused-ring (bicyclic) bond motifs is 1. The van der Waals surface area contributed by atoms with Gasteiger partial charge in [0.2, 0.25) is 0 Å². The van der Waals surface area contributed by atoms with Gasteiger partial charge in [0.05, 0.1) is 22.9 Å². The fraction of sp³-hybridized carbons (Fsp3) is 0.467. The highest BCUT2D eigenvalue weighted by Crippen LogP contribution is 2.34. The van der Waals surface area contributed by atoms with Crippen molar-refractivity contribution in [1.82, 2.24) is 23.7 Å². The van der Waals surface area contributed by atoms with Crippen molar-refractivity contribution in [3.63, 3.8) is 0 Å². The second-order valence-corrected chi connectivity index (χ2v) is 13.6. The minimum absolute atomic E-state index is 0.0763. The number of anilines is 1. The minimum Gasteiger partial charge on any atom is -0.453 e. The van der Waals surface area contributed by atoms with Gasteiger partial charge in [-0.2, -0.15) is 18.0 Å². The van der Waals surface area contributed by atoms with E-state index in [-0.39, 0.29) is 34.0 Å². The van der Waals surface area contributed by atoms with E-state index in [0.717, 1.165) is 18.9 Å². The van der Waals surface area contributed by atoms with E-state index in [4.69, 9.17) is 9.47 Å². The lowest BCUT2D eigenvalue weighted by Gasteiger charge is -2.35. The summed E-state index contributed by atoms with van der Waals surface area (Å²) in [5.41, 5.74) is -0.924. The molecule has 1 amide bonds. The van der Waals surface area contributed by atoms with E-state index in [9.17, 15) is 27.7 Å². The van der Waals surface area contributed by atoms with Crippen molar-refractivity contribution < 1.29 is 27.1 Å². The van der Waals surface area contributed by atoms with Crippen LogP contribution in [-0.4, -0.2) is 89.6 Å². The number of nitrogens with one attached hydrogen (secondary N) is 1. The standard InChI is InChI=1S/C30H36FN7O6S/c1-30(2,3)44-29(40)36-15-12-35(13-16-36)14-17-37-20-33-25-8-6-21(18-22(25)28(37)39)43-27-23(19-32)26(9-7-24(27)31)34-45(41,42)38-10-4-5-11-38/h6-9,18,20,34H,4-5,10-17H2,1-3H3. The first-order chi connectivity index (χ1) is 21.3. The molecule has 2 aliphatic rings. The Bertz CT molecular complexity index is 1790. The normalized spacial score (nSPS) is 16.5. The van der Waals surface area contributed by atoms with Gasteiger partial charge in [-0.25, -0.2) is 14.2 Å². The average molecular weight is 642 g/mol. The van der Waals surface area contributed by atoms with E-state index in [1.54, 1.807) is 11.0 Å². The van der Waals surface area contributed by atoms with Crippen molar-refractivity contribution in [2.45, 2.75) is 45.8 Å². The van der Waals surface area contributed by atoms with Crippen molar-refractivity contribution in [2.75, 3.05) is 50.5 Å². The van der Waals surface area contributed by atoms with E-state index in [1.807, 2.05) is 26.8 Å². The lowest BCUT2D eigenvalue weighted by atomic mass is 10.1. The van der Waals surface area contributed by atoms with Crippen LogP contribution < -0.4 is 15.0 Å². The van der Waals surface area contributed by atoms with Crippen LogP contribution in [0.4, 0.5) is 14.9 Å². The molecule has 3 heterocycles. The molecule has 3 aromatic rings. The molecule has 45 heavy (non-hydrogen) atoms. The van der Waals surface area contributed by atoms with Crippen LogP contribution in [0.5, 0.6) is 11.5 Å². The number of carbonyl (C=O) groups is 1. The first-order valence-electron chi connectivity index (χ1n) is 14.7. The third-order valence-electron chi connectivity index (χ3n) is 7.56. The molecule has 2 saturated heterocycles. The highest BCUT2D eigenvalue weighted by molar-refractivity contribution is 7.90. The number of hydrogen-bond acceptors (Lipinski definition) is 9. The molecule has 0 bridgehead atoms. The largest absolute Gasteiger partial charge is 0.453 e. The minimum atomic E-state index is -3.94. The number of rotatable bonds is 8. The van der Waals surface area contributed by atoms with E-state index in [2.05, 4.69) is 14.6 Å². The van der Waals surface area contributed by atoms with E-state index < -0.39 is 27.4 Å². The van der Waals surface area contributed by atoms with Crippen LogP contribution in [0.15, 0.2) is 41.5 Å². The van der Waals surface area contributed by atoms with Gasteiger partial charge in [0, 0.05) is 52.4 Å². The molecule has 1 N–H and O–H groups in total. The number of halogens is 1. The Morgan fingerprint density at radius 2 is 1.78 bits per heavy atom. The van der Waals surface area contributed by atoms with Crippen LogP contribution >= 0.6 is 0 Å². The molecular weight excluding hydrogens is 605 g/mol. The molecular formula is C30H36FN7O6S. The third kappa shape index (κ3) is 7.52. The molecule has 0 aliphatic carbocycles. The summed E-state index contributed by atoms with van der Waals surface area (Å²) in [6, 6.07) is 8.49. The number of piperazine rings is 1. The van der Waals surface area contributed by atoms with Crippen molar-refractivity contribution in [2.24, 2.45) is 0 Å². The molecule has 0 atom stereocenters. The van der Waals surface area contributed by atoms with Gasteiger partial charge in [0.1, 0.15) is 23.0 Å². The number of nitriles is 1. The summed E-state index contributed by atoms with van der Waals surface area (Å²) < 4.78 is 56.8. The van der Waals surface area contributed by atoms with Crippen molar-refractivity contribution >= 4 is 32.9 Å². The Morgan fingerprint density at radius 1 is 1.07 bits per heavy atom. The Morgan fingerprint density at radius 3 is 2.44 bits per heavy atom. The van der Waals surface area contributed by atoms with Crippen LogP contribution in [0.25, 0.3) is 10.9 Å². The maximum absolute atomic E-state index is 14.9. The monoisotopic (exact) mass is 641 g/mol. The molecule has 0 radical (unpaired) electrons. The molecule has 0 unspecified atom stereocenters. The van der Waals surface area contributed by atoms with Crippen molar-refractivity contribution in [3.05, 3.63) is 58.4 Å². The summed E-state index contributed by atoms with van der Waals surface area (Å²) in [5, 5.41) is 10.1. The molecule has 5 rings (SSSR count). The summed E-state index contributed by atoms with van der Waals surface area (Å²) in [6.07, 6.45) is 2.59. The Kier molecular flexibility index (Phi) is 9.28. The van der Waals surface area contributed by atoms with Crippen LogP contribution in [-0.2, 0) is 21.5 Å². The molecule has 240 valence electrons. The SMILES string of the molecule is CC(C)(C)OC(=O)N1CCN(CCn2cnc3ccc(Oc4c(F)ccc(NS(=O)(=O)N5CCCC5)c4C#N)cc3c2=O)CC1. The molecule has 2 aliphatic heterocycles. The summed E-state index contributed by atoms with van der Waals surface area (Å²) in [4.78, 5) is 33.9. The lowest BCUT2D eigenvalue weighted by molar-refractivity contribution is 0.0142. The highest BCUT2D eigenvalue weighted by atomic mass is 32.2. The Balaban J connectivity index is 1.29. The predicted octanol–water partition coefficient (Wildman–Crippen LogP) is 3.50. The van der Waals surface area contributed by atoms with Crippen LogP contribution in [0.3, 0.4) is 0 Å². The number of benzene rings is 2. The molecule has 2 aromatic carbocycles. The molecule has 1 aromatic heterocycles. The van der Waals surface area contributed by atoms with Crippen LogP contribution in [0.2, 0.25) is 0 Å². The average Bonchev–Trinajstić information content (AvgIpc) is 3.55. The van der Waals surface area contributed by atoms with Gasteiger partial charge in [0.15, 0.2) is 11.6 Å². The zero-order valence-electron chi connectivity index (χ0n) is 25.5. The third-order valence-corrected chi connectivity index (χ3v) is 9.08. The van der Waals surface area contributed by atoms with Crippen LogP contribution in [0, 0.1) is 17.1 Å². The Hall–Kier alpha value is -4.26. The van der Waals surface area contributed by atoms with Gasteiger partial charge in [-0.15, -0.1) is 0 Å². The van der Waals surface area contributed by atoms with Gasteiger partial charge in [-0.3, -0.25) is 19.0 Å². The number of nitrogens with zero attached hydrogens (tertiary/aromatic N) is 6. The molecule has 0 spiro atoms. The summed E-state index contributed by atoms with van der Waals surface area (Å²) in [7, 11) is -3.94. The van der Waals surface area contributed by atoms with E-state index >= 15 is 0 Å². The first kappa shape index (κ1) is 32.1. The van der Waals surface area contributed by atoms with Crippen LogP contribution in [0.1, 0.15) is 39.2 Å². The fourth-order valence-corrected chi connectivity index (χ4v) is 6.51. The van der Waals surface area contributed by atoms with Gasteiger partial charge in [-0.05, 0) is 63.9 Å². The molecule has 0 saturated carbocycles. The Labute approximate surface area is 260 Å². The van der Waals surface area contributed by atoms with E-state index in [0.29, 0.717) is 57.9 Å². The number of amides is 1. The second kappa shape index (κ2) is 13.0. The molecule has 13 nitrogen and oxygen atoms in total. The zero-order chi connectivity index (χ0) is 32.4. The van der Waals surface area contributed by atoms with Gasteiger partial charge < -0.3 is 14.4 Å². The summed E-state index contributed by atoms with van der Waals surface area (Å²) in [5.74, 6) is -1.26. The predicted molar refractivity (Wildman–Crippen MR) is 165 cm³/mol. The lowest BCUT2D eigenvalue weighted by Crippen LogP contribution is -2.50. The smallest absolute Gasteiger partial charge is 0.410 e. The molecule has 2 fully saturated rings. The van der Waals surface area contributed by atoms with Gasteiger partial charge >= 0.3 is 16.3 Å². The number of ether oxygens (including phenoxy) is 2. The second-order valence-electron chi connectivity index (χ2n) is 12.0. The maximum atomic E-state index is 14.9. The van der Waals surface area contributed by atoms with E-state index in [1.165, 1.54) is 33.4 Å². The quantitative estimate of drug-likeness (QED) is 0.390. The zero-order valence-corrected chi connectivity index (χ0v) is 26.3. The first-order valence-corrected chi connectivity index (χ1v) is 16.2. The summed E-state index contributed by atoms with van der Waals surface area (Å²) in [6.45, 7) is 9.40. The summed E-state index contributed by atoms with van der Waals surface area (Å²) >= 11 is 0. The number of carbonyl (C=O) groups excluding carboxylic acids is 1. The van der Waals surface area contributed by atoms with Gasteiger partial charge in [0.25, 0.3) is 5.56 Å². The highest BCUT2D eigenvalue weighted by Gasteiger charge is 2.28. The van der Waals surface area contributed by atoms with Crippen molar-refractivity contribution in [1.29, 1.82) is 5.26 Å². The number of aromatic nitrogens is 2. The fourth-order valence-electron chi connectivity index (χ4n) is 5.19.